The summed E-state index contributed by atoms with van der Waals surface area (Å²) in [7, 11) is 0. The number of pyridine rings is 1. The molecule has 0 aliphatic heterocycles. The Balaban J connectivity index is 1.88. The van der Waals surface area contributed by atoms with Gasteiger partial charge in [-0.05, 0) is 48.6 Å². The Morgan fingerprint density at radius 3 is 2.82 bits per heavy atom. The zero-order valence-electron chi connectivity index (χ0n) is 11.9. The number of hydrogen-bond donors (Lipinski definition) is 2. The minimum Gasteiger partial charge on any atom is -0.478 e. The fraction of sp³-hybridized carbons (Fsp3) is 0.176. The fourth-order valence-electron chi connectivity index (χ4n) is 3.13. The number of rotatable bonds is 2. The highest BCUT2D eigenvalue weighted by atomic mass is 16.4. The van der Waals surface area contributed by atoms with E-state index >= 15 is 0 Å². The Kier molecular flexibility index (Phi) is 2.69. The molecule has 2 aromatic heterocycles. The van der Waals surface area contributed by atoms with E-state index in [0.29, 0.717) is 17.2 Å². The van der Waals surface area contributed by atoms with E-state index in [1.54, 1.807) is 10.6 Å². The van der Waals surface area contributed by atoms with Crippen LogP contribution in [0.1, 0.15) is 27.9 Å². The van der Waals surface area contributed by atoms with Gasteiger partial charge in [-0.2, -0.15) is 0 Å². The van der Waals surface area contributed by atoms with Gasteiger partial charge in [0.05, 0.1) is 5.56 Å². The predicted octanol–water partition coefficient (Wildman–Crippen LogP) is 2.77. The molecule has 2 heterocycles. The molecule has 1 aromatic carbocycles. The van der Waals surface area contributed by atoms with Crippen molar-refractivity contribution < 1.29 is 9.90 Å². The predicted molar refractivity (Wildman–Crippen MR) is 84.0 cm³/mol. The molecule has 1 aliphatic rings. The molecule has 0 atom stereocenters. The van der Waals surface area contributed by atoms with Crippen molar-refractivity contribution in [3.63, 3.8) is 0 Å². The molecule has 0 spiro atoms. The Bertz CT molecular complexity index is 912. The highest BCUT2D eigenvalue weighted by Gasteiger charge is 2.16. The highest BCUT2D eigenvalue weighted by molar-refractivity contribution is 5.89. The van der Waals surface area contributed by atoms with Crippen molar-refractivity contribution in [3.8, 4) is 11.3 Å². The Morgan fingerprint density at radius 1 is 1.18 bits per heavy atom. The van der Waals surface area contributed by atoms with Crippen LogP contribution in [0.5, 0.6) is 0 Å². The first-order valence-electron chi connectivity index (χ1n) is 7.26. The van der Waals surface area contributed by atoms with Gasteiger partial charge < -0.3 is 10.8 Å². The van der Waals surface area contributed by atoms with Gasteiger partial charge in [-0.3, -0.25) is 4.40 Å². The lowest BCUT2D eigenvalue weighted by atomic mass is 10.0. The van der Waals surface area contributed by atoms with E-state index in [2.05, 4.69) is 17.1 Å². The largest absolute Gasteiger partial charge is 0.478 e. The number of carbonyl (C=O) groups is 1. The van der Waals surface area contributed by atoms with Crippen LogP contribution in [0, 0.1) is 0 Å². The number of hydrogen-bond acceptors (Lipinski definition) is 3. The minimum atomic E-state index is -0.969. The van der Waals surface area contributed by atoms with Crippen LogP contribution in [0.2, 0.25) is 0 Å². The average Bonchev–Trinajstić information content (AvgIpc) is 3.10. The molecule has 0 unspecified atom stereocenters. The summed E-state index contributed by atoms with van der Waals surface area (Å²) < 4.78 is 1.72. The second-order valence-electron chi connectivity index (χ2n) is 5.63. The molecule has 5 heteroatoms. The maximum absolute atomic E-state index is 11.1. The van der Waals surface area contributed by atoms with Gasteiger partial charge in [0.1, 0.15) is 17.2 Å². The molecule has 0 saturated carbocycles. The van der Waals surface area contributed by atoms with Gasteiger partial charge in [-0.1, -0.05) is 12.1 Å². The Morgan fingerprint density at radius 2 is 2.00 bits per heavy atom. The summed E-state index contributed by atoms with van der Waals surface area (Å²) in [5.74, 6) is -0.437. The summed E-state index contributed by atoms with van der Waals surface area (Å²) in [6, 6.07) is 9.40. The van der Waals surface area contributed by atoms with Crippen molar-refractivity contribution in [2.45, 2.75) is 19.3 Å². The van der Waals surface area contributed by atoms with E-state index in [0.717, 1.165) is 18.4 Å². The number of nitrogens with zero attached hydrogens (tertiary/aromatic N) is 2. The Hall–Kier alpha value is -2.82. The van der Waals surface area contributed by atoms with Crippen molar-refractivity contribution in [3.05, 3.63) is 53.2 Å². The molecular weight excluding hydrogens is 278 g/mol. The first kappa shape index (κ1) is 12.9. The number of carboxylic acids is 1. The van der Waals surface area contributed by atoms with Crippen LogP contribution in [-0.4, -0.2) is 20.5 Å². The lowest BCUT2D eigenvalue weighted by molar-refractivity contribution is 0.0697. The van der Waals surface area contributed by atoms with Gasteiger partial charge in [-0.15, -0.1) is 0 Å². The molecular formula is C17H15N3O2. The number of imidazole rings is 1. The van der Waals surface area contributed by atoms with Gasteiger partial charge in [0.25, 0.3) is 0 Å². The minimum absolute atomic E-state index is 0.206. The normalized spacial score (nSPS) is 13.5. The maximum Gasteiger partial charge on any atom is 0.335 e. The standard InChI is InChI=1S/C17H15N3O2/c18-16-15(12-5-4-10-2-1-3-11(10)8-12)19-14-9-13(17(21)22)6-7-20(14)16/h4-9H,1-3,18H2,(H,21,22). The number of benzene rings is 1. The van der Waals surface area contributed by atoms with Crippen LogP contribution in [-0.2, 0) is 12.8 Å². The Labute approximate surface area is 127 Å². The van der Waals surface area contributed by atoms with Crippen molar-refractivity contribution in [1.82, 2.24) is 9.38 Å². The molecule has 5 nitrogen and oxygen atoms in total. The van der Waals surface area contributed by atoms with Crippen LogP contribution in [0.4, 0.5) is 5.82 Å². The van der Waals surface area contributed by atoms with Gasteiger partial charge in [0.2, 0.25) is 0 Å². The summed E-state index contributed by atoms with van der Waals surface area (Å²) in [6.07, 6.45) is 5.08. The zero-order chi connectivity index (χ0) is 15.3. The summed E-state index contributed by atoms with van der Waals surface area (Å²) in [5, 5.41) is 9.07. The third-order valence-corrected chi connectivity index (χ3v) is 4.28. The molecule has 3 aromatic rings. The second kappa shape index (κ2) is 4.59. The third-order valence-electron chi connectivity index (χ3n) is 4.28. The van der Waals surface area contributed by atoms with E-state index in [-0.39, 0.29) is 5.56 Å². The SMILES string of the molecule is Nc1c(-c2ccc3c(c2)CCC3)nc2cc(C(=O)O)ccn12. The van der Waals surface area contributed by atoms with Gasteiger partial charge in [0.15, 0.2) is 0 Å². The van der Waals surface area contributed by atoms with E-state index < -0.39 is 5.97 Å². The van der Waals surface area contributed by atoms with Crippen molar-refractivity contribution >= 4 is 17.4 Å². The highest BCUT2D eigenvalue weighted by Crippen LogP contribution is 2.31. The average molecular weight is 293 g/mol. The van der Waals surface area contributed by atoms with Crippen LogP contribution in [0.25, 0.3) is 16.9 Å². The zero-order valence-corrected chi connectivity index (χ0v) is 11.9. The van der Waals surface area contributed by atoms with Crippen molar-refractivity contribution in [2.75, 3.05) is 5.73 Å². The second-order valence-corrected chi connectivity index (χ2v) is 5.63. The van der Waals surface area contributed by atoms with Gasteiger partial charge >= 0.3 is 5.97 Å². The summed E-state index contributed by atoms with van der Waals surface area (Å²) in [6.45, 7) is 0. The topological polar surface area (TPSA) is 80.6 Å². The molecule has 0 amide bonds. The fourth-order valence-corrected chi connectivity index (χ4v) is 3.13. The van der Waals surface area contributed by atoms with Crippen molar-refractivity contribution in [1.29, 1.82) is 0 Å². The van der Waals surface area contributed by atoms with E-state index in [4.69, 9.17) is 10.8 Å². The van der Waals surface area contributed by atoms with E-state index in [9.17, 15) is 4.79 Å². The maximum atomic E-state index is 11.1. The number of carboxylic acid groups (broad SMARTS) is 1. The molecule has 1 aliphatic carbocycles. The number of nitrogen functional groups attached to an aromatic ring is 1. The lowest BCUT2D eigenvalue weighted by Crippen LogP contribution is -1.99. The van der Waals surface area contributed by atoms with Crippen LogP contribution in [0.15, 0.2) is 36.5 Å². The third kappa shape index (κ3) is 1.86. The monoisotopic (exact) mass is 293 g/mol. The molecule has 0 bridgehead atoms. The molecule has 22 heavy (non-hydrogen) atoms. The van der Waals surface area contributed by atoms with Crippen LogP contribution < -0.4 is 5.73 Å². The summed E-state index contributed by atoms with van der Waals surface area (Å²) >= 11 is 0. The van der Waals surface area contributed by atoms with Crippen LogP contribution >= 0.6 is 0 Å². The molecule has 3 N–H and O–H groups in total. The first-order chi connectivity index (χ1) is 10.6. The van der Waals surface area contributed by atoms with E-state index in [1.165, 1.54) is 29.7 Å². The molecule has 0 saturated heterocycles. The lowest BCUT2D eigenvalue weighted by Gasteiger charge is -2.03. The molecule has 110 valence electrons. The van der Waals surface area contributed by atoms with Crippen LogP contribution in [0.3, 0.4) is 0 Å². The number of aromatic nitrogens is 2. The molecule has 4 rings (SSSR count). The molecule has 0 fully saturated rings. The van der Waals surface area contributed by atoms with E-state index in [1.807, 2.05) is 6.07 Å². The number of aromatic carboxylic acids is 1. The number of aryl methyl sites for hydroxylation is 2. The smallest absolute Gasteiger partial charge is 0.335 e. The quantitative estimate of drug-likeness (QED) is 0.761. The summed E-state index contributed by atoms with van der Waals surface area (Å²) in [5.41, 5.74) is 11.4. The first-order valence-corrected chi connectivity index (χ1v) is 7.26. The van der Waals surface area contributed by atoms with Crippen molar-refractivity contribution in [2.24, 2.45) is 0 Å². The molecule has 0 radical (unpaired) electrons. The number of anilines is 1. The van der Waals surface area contributed by atoms with Gasteiger partial charge in [-0.25, -0.2) is 9.78 Å². The van der Waals surface area contributed by atoms with Gasteiger partial charge in [0, 0.05) is 11.8 Å². The summed E-state index contributed by atoms with van der Waals surface area (Å²) in [4.78, 5) is 15.6. The number of fused-ring (bicyclic) bond motifs is 2. The number of nitrogens with two attached hydrogens (primary N) is 1.